The molecule has 0 heterocycles. The maximum absolute atomic E-state index is 12.7. The first-order chi connectivity index (χ1) is 38.9. The van der Waals surface area contributed by atoms with Crippen LogP contribution in [0.1, 0.15) is 201 Å². The molecule has 1 aliphatic carbocycles. The van der Waals surface area contributed by atoms with E-state index < -0.39 is 17.9 Å². The van der Waals surface area contributed by atoms with Crippen LogP contribution in [0, 0.1) is 11.8 Å². The van der Waals surface area contributed by atoms with E-state index in [4.69, 9.17) is 37.9 Å². The highest BCUT2D eigenvalue weighted by molar-refractivity contribution is 5.94. The molecule has 0 atom stereocenters. The quantitative estimate of drug-likeness (QED) is 0.0141. The normalized spacial score (nSPS) is 13.7. The molecule has 436 valence electrons. The van der Waals surface area contributed by atoms with Gasteiger partial charge < -0.3 is 37.9 Å². The van der Waals surface area contributed by atoms with E-state index in [1.807, 2.05) is 0 Å². The van der Waals surface area contributed by atoms with Crippen LogP contribution in [-0.4, -0.2) is 68.2 Å². The molecule has 0 unspecified atom stereocenters. The van der Waals surface area contributed by atoms with Gasteiger partial charge in [-0.1, -0.05) is 118 Å². The molecule has 0 N–H and O–H groups in total. The van der Waals surface area contributed by atoms with Crippen molar-refractivity contribution < 1.29 is 72.9 Å². The number of unbranched alkanes of at least 4 members (excludes halogenated alkanes) is 14. The molecule has 80 heavy (non-hydrogen) atoms. The number of esters is 7. The molecule has 4 aromatic rings. The van der Waals surface area contributed by atoms with Crippen molar-refractivity contribution in [1.29, 1.82) is 0 Å². The predicted octanol–water partition coefficient (Wildman–Crippen LogP) is 15.0. The third-order valence-electron chi connectivity index (χ3n) is 13.2. The molecule has 1 fully saturated rings. The van der Waals surface area contributed by atoms with Gasteiger partial charge in [-0.05, 0) is 148 Å². The van der Waals surface area contributed by atoms with Gasteiger partial charge >= 0.3 is 41.8 Å². The standard InChI is InChI=1S/C36H48O8.C29H36O7.H2/c1-3-5-7-9-11-25-41-33(37)27-17-21-31(22-18-27)43-35(39)29-13-15-30(16-14-29)36(40)44-32-23-19-28(20-24-32)34(38)42-26-12-10-8-6-4-2;1-3-5-7-9-21-33-24-15-17-26(18-16-24)36-28(31)20-19-27(30)35-25-13-11-23(12-14-25)29(32)34-22-10-8-6-4-2;/h17-24,29-30H,3-16,25-26H2,1-2H3;11-20H,3-10,21-22H2,1-2H3;1H/b;20-19-;. The Morgan fingerprint density at radius 2 is 0.613 bits per heavy atom. The first-order valence-electron chi connectivity index (χ1n) is 29.0. The Bertz CT molecular complexity index is 2390. The summed E-state index contributed by atoms with van der Waals surface area (Å²) in [5.41, 5.74) is 1.21. The molecule has 1 aliphatic rings. The summed E-state index contributed by atoms with van der Waals surface area (Å²) in [6.07, 6.45) is 23.5. The van der Waals surface area contributed by atoms with E-state index in [1.165, 1.54) is 62.8 Å². The molecule has 0 amide bonds. The molecular formula is C65H86O15. The van der Waals surface area contributed by atoms with Crippen molar-refractivity contribution in [1.82, 2.24) is 0 Å². The minimum Gasteiger partial charge on any atom is -0.494 e. The van der Waals surface area contributed by atoms with Crippen molar-refractivity contribution in [3.05, 3.63) is 126 Å². The van der Waals surface area contributed by atoms with Gasteiger partial charge in [-0.15, -0.1) is 0 Å². The van der Waals surface area contributed by atoms with Crippen LogP contribution in [0.15, 0.2) is 109 Å². The highest BCUT2D eigenvalue weighted by Crippen LogP contribution is 2.32. The second-order valence-electron chi connectivity index (χ2n) is 19.8. The first-order valence-corrected chi connectivity index (χ1v) is 29.0. The van der Waals surface area contributed by atoms with Crippen LogP contribution in [0.2, 0.25) is 0 Å². The third kappa shape index (κ3) is 26.6. The Balaban J connectivity index is 0.000000429. The summed E-state index contributed by atoms with van der Waals surface area (Å²) in [5.74, 6) is -1.94. The average molecular weight is 1110 g/mol. The van der Waals surface area contributed by atoms with Gasteiger partial charge in [-0.2, -0.15) is 0 Å². The highest BCUT2D eigenvalue weighted by atomic mass is 16.6. The number of benzene rings is 4. The zero-order valence-corrected chi connectivity index (χ0v) is 47.6. The summed E-state index contributed by atoms with van der Waals surface area (Å²) >= 11 is 0. The van der Waals surface area contributed by atoms with Gasteiger partial charge in [0.15, 0.2) is 0 Å². The van der Waals surface area contributed by atoms with Gasteiger partial charge in [-0.25, -0.2) is 24.0 Å². The molecule has 0 saturated heterocycles. The molecule has 0 spiro atoms. The van der Waals surface area contributed by atoms with E-state index in [-0.39, 0.29) is 42.9 Å². The van der Waals surface area contributed by atoms with Crippen molar-refractivity contribution in [3.63, 3.8) is 0 Å². The van der Waals surface area contributed by atoms with E-state index in [0.29, 0.717) is 91.8 Å². The fourth-order valence-corrected chi connectivity index (χ4v) is 8.38. The molecule has 0 bridgehead atoms. The van der Waals surface area contributed by atoms with Crippen molar-refractivity contribution in [2.24, 2.45) is 11.8 Å². The number of hydrogen-bond acceptors (Lipinski definition) is 15. The lowest BCUT2D eigenvalue weighted by Crippen LogP contribution is -2.30. The molecule has 15 nitrogen and oxygen atoms in total. The van der Waals surface area contributed by atoms with Crippen molar-refractivity contribution in [2.75, 3.05) is 26.4 Å². The Hall–Kier alpha value is -7.29. The fourth-order valence-electron chi connectivity index (χ4n) is 8.38. The summed E-state index contributed by atoms with van der Waals surface area (Å²) < 4.78 is 43.0. The minimum atomic E-state index is -0.745. The summed E-state index contributed by atoms with van der Waals surface area (Å²) in [6.45, 7) is 10.4. The monoisotopic (exact) mass is 1110 g/mol. The number of hydrogen-bond donors (Lipinski definition) is 0. The van der Waals surface area contributed by atoms with Gasteiger partial charge in [-0.3, -0.25) is 9.59 Å². The zero-order valence-electron chi connectivity index (χ0n) is 47.6. The van der Waals surface area contributed by atoms with Crippen LogP contribution in [-0.2, 0) is 33.4 Å². The number of carbonyl (C=O) groups is 7. The first kappa shape index (κ1) is 65.2. The number of carbonyl (C=O) groups excluding carboxylic acids is 7. The van der Waals surface area contributed by atoms with Crippen LogP contribution >= 0.6 is 0 Å². The van der Waals surface area contributed by atoms with Crippen molar-refractivity contribution in [2.45, 2.75) is 169 Å². The molecule has 0 aromatic heterocycles. The molecule has 15 heteroatoms. The lowest BCUT2D eigenvalue weighted by molar-refractivity contribution is -0.145. The fraction of sp³-hybridized carbons (Fsp3) is 0.492. The van der Waals surface area contributed by atoms with Gasteiger partial charge in [0.2, 0.25) is 0 Å². The Kier molecular flexibility index (Phi) is 31.9. The highest BCUT2D eigenvalue weighted by Gasteiger charge is 2.32. The summed E-state index contributed by atoms with van der Waals surface area (Å²) in [4.78, 5) is 86.0. The van der Waals surface area contributed by atoms with Crippen LogP contribution in [0.5, 0.6) is 28.7 Å². The summed E-state index contributed by atoms with van der Waals surface area (Å²) in [5, 5.41) is 0. The van der Waals surface area contributed by atoms with Gasteiger partial charge in [0.05, 0.1) is 55.0 Å². The second-order valence-corrected chi connectivity index (χ2v) is 19.8. The molecule has 4 aromatic carbocycles. The largest absolute Gasteiger partial charge is 0.494 e. The topological polar surface area (TPSA) is 193 Å². The second kappa shape index (κ2) is 39.1. The molecule has 0 radical (unpaired) electrons. The van der Waals surface area contributed by atoms with E-state index in [2.05, 4.69) is 27.7 Å². The van der Waals surface area contributed by atoms with E-state index in [9.17, 15) is 33.6 Å². The van der Waals surface area contributed by atoms with Crippen molar-refractivity contribution in [3.8, 4) is 28.7 Å². The Morgan fingerprint density at radius 3 is 0.938 bits per heavy atom. The van der Waals surface area contributed by atoms with E-state index in [1.54, 1.807) is 72.8 Å². The van der Waals surface area contributed by atoms with Crippen LogP contribution in [0.25, 0.3) is 0 Å². The lowest BCUT2D eigenvalue weighted by atomic mass is 9.82. The van der Waals surface area contributed by atoms with Crippen LogP contribution in [0.4, 0.5) is 0 Å². The third-order valence-corrected chi connectivity index (χ3v) is 13.2. The van der Waals surface area contributed by atoms with Gasteiger partial charge in [0.25, 0.3) is 0 Å². The molecule has 5 rings (SSSR count). The smallest absolute Gasteiger partial charge is 0.338 e. The zero-order chi connectivity index (χ0) is 57.6. The molecule has 0 aliphatic heterocycles. The Morgan fingerprint density at radius 1 is 0.350 bits per heavy atom. The lowest BCUT2D eigenvalue weighted by Gasteiger charge is -2.25. The van der Waals surface area contributed by atoms with E-state index >= 15 is 0 Å². The predicted molar refractivity (Wildman–Crippen MR) is 307 cm³/mol. The molecular weight excluding hydrogens is 1020 g/mol. The van der Waals surface area contributed by atoms with E-state index in [0.717, 1.165) is 89.2 Å². The maximum atomic E-state index is 12.7. The van der Waals surface area contributed by atoms with Crippen LogP contribution in [0.3, 0.4) is 0 Å². The van der Waals surface area contributed by atoms with Crippen LogP contribution < -0.4 is 23.7 Å². The van der Waals surface area contributed by atoms with Gasteiger partial charge in [0.1, 0.15) is 28.7 Å². The number of ether oxygens (including phenoxy) is 8. The summed E-state index contributed by atoms with van der Waals surface area (Å²) in [6, 6.07) is 25.5. The number of rotatable bonds is 34. The van der Waals surface area contributed by atoms with Gasteiger partial charge in [0, 0.05) is 13.6 Å². The average Bonchev–Trinajstić information content (AvgIpc) is 3.47. The maximum Gasteiger partial charge on any atom is 0.338 e. The Labute approximate surface area is 474 Å². The summed E-state index contributed by atoms with van der Waals surface area (Å²) in [7, 11) is 0. The van der Waals surface area contributed by atoms with Crippen molar-refractivity contribution >= 4 is 41.8 Å². The molecule has 1 saturated carbocycles. The SMILES string of the molecule is CCCCCCCOC(=O)c1ccc(OC(=O)C2CCC(C(=O)Oc3ccc(C(=O)OCCCCCCC)cc3)CC2)cc1.CCCCCCOC(=O)c1ccc(OC(=O)/C=C\C(=O)Oc2ccc(OCCCCCC)cc2)cc1.[HH]. The minimum absolute atomic E-state index is 0.